The zero-order valence-electron chi connectivity index (χ0n) is 16.5. The van der Waals surface area contributed by atoms with Crippen molar-refractivity contribution in [2.24, 2.45) is 0 Å². The van der Waals surface area contributed by atoms with Crippen LogP contribution in [0.3, 0.4) is 0 Å². The minimum atomic E-state index is -0.0518. The van der Waals surface area contributed by atoms with Crippen LogP contribution in [0.1, 0.15) is 43.5 Å². The Kier molecular flexibility index (Phi) is 6.03. The van der Waals surface area contributed by atoms with E-state index in [0.29, 0.717) is 29.1 Å². The average molecular weight is 379 g/mol. The molecule has 3 aromatic rings. The highest BCUT2D eigenvalue weighted by molar-refractivity contribution is 5.94. The molecule has 1 N–H and O–H groups in total. The molecule has 0 spiro atoms. The van der Waals surface area contributed by atoms with E-state index in [9.17, 15) is 9.59 Å². The monoisotopic (exact) mass is 379 g/mol. The fourth-order valence-corrected chi connectivity index (χ4v) is 2.89. The van der Waals surface area contributed by atoms with E-state index in [1.807, 2.05) is 41.8 Å². The minimum absolute atomic E-state index is 0.00988. The zero-order valence-corrected chi connectivity index (χ0v) is 16.5. The molecule has 1 aromatic carbocycles. The summed E-state index contributed by atoms with van der Waals surface area (Å²) < 4.78 is 1.83. The first-order valence-corrected chi connectivity index (χ1v) is 9.54. The van der Waals surface area contributed by atoms with Crippen LogP contribution in [0.4, 0.5) is 5.69 Å². The van der Waals surface area contributed by atoms with Gasteiger partial charge >= 0.3 is 0 Å². The van der Waals surface area contributed by atoms with E-state index in [2.05, 4.69) is 22.4 Å². The first kappa shape index (κ1) is 19.5. The third-order valence-electron chi connectivity index (χ3n) is 4.59. The standard InChI is InChI=1S/C21H25N5O2/c1-4-6-13-25(3)21(28)16-9-7-15(8-10-16)20-24-23-18-12-11-17(14-26(18)20)22-19(27)5-2/h7-12,14H,4-6,13H2,1-3H3,(H,22,27). The van der Waals surface area contributed by atoms with Gasteiger partial charge in [-0.25, -0.2) is 0 Å². The number of carbonyl (C=O) groups excluding carboxylic acids is 2. The van der Waals surface area contributed by atoms with Gasteiger partial charge in [-0.3, -0.25) is 14.0 Å². The number of fused-ring (bicyclic) bond motifs is 1. The molecule has 2 heterocycles. The molecule has 28 heavy (non-hydrogen) atoms. The Bertz CT molecular complexity index is 978. The van der Waals surface area contributed by atoms with E-state index in [0.717, 1.165) is 24.9 Å². The number of aromatic nitrogens is 3. The zero-order chi connectivity index (χ0) is 20.1. The number of benzene rings is 1. The summed E-state index contributed by atoms with van der Waals surface area (Å²) in [5.41, 5.74) is 2.86. The maximum atomic E-state index is 12.5. The fraction of sp³-hybridized carbons (Fsp3) is 0.333. The van der Waals surface area contributed by atoms with Gasteiger partial charge in [0.2, 0.25) is 5.91 Å². The summed E-state index contributed by atoms with van der Waals surface area (Å²) in [6, 6.07) is 11.0. The second-order valence-corrected chi connectivity index (χ2v) is 6.73. The van der Waals surface area contributed by atoms with Crippen molar-refractivity contribution >= 4 is 23.1 Å². The fourth-order valence-electron chi connectivity index (χ4n) is 2.89. The lowest BCUT2D eigenvalue weighted by Crippen LogP contribution is -2.27. The topological polar surface area (TPSA) is 79.6 Å². The number of carbonyl (C=O) groups is 2. The lowest BCUT2D eigenvalue weighted by molar-refractivity contribution is -0.115. The van der Waals surface area contributed by atoms with Gasteiger partial charge in [0.05, 0.1) is 5.69 Å². The smallest absolute Gasteiger partial charge is 0.253 e. The summed E-state index contributed by atoms with van der Waals surface area (Å²) in [6.07, 6.45) is 4.26. The number of nitrogens with one attached hydrogen (secondary N) is 1. The number of pyridine rings is 1. The van der Waals surface area contributed by atoms with E-state index in [1.165, 1.54) is 0 Å². The van der Waals surface area contributed by atoms with Crippen molar-refractivity contribution in [2.75, 3.05) is 18.9 Å². The number of anilines is 1. The molecule has 146 valence electrons. The quantitative estimate of drug-likeness (QED) is 0.680. The lowest BCUT2D eigenvalue weighted by Gasteiger charge is -2.16. The Morgan fingerprint density at radius 2 is 1.82 bits per heavy atom. The molecule has 2 aromatic heterocycles. The van der Waals surface area contributed by atoms with Crippen LogP contribution in [-0.2, 0) is 4.79 Å². The van der Waals surface area contributed by atoms with Crippen molar-refractivity contribution in [1.29, 1.82) is 0 Å². The number of hydrogen-bond acceptors (Lipinski definition) is 4. The number of hydrogen-bond donors (Lipinski definition) is 1. The Morgan fingerprint density at radius 1 is 1.07 bits per heavy atom. The van der Waals surface area contributed by atoms with Gasteiger partial charge in [0.1, 0.15) is 0 Å². The second-order valence-electron chi connectivity index (χ2n) is 6.73. The molecule has 0 aliphatic heterocycles. The van der Waals surface area contributed by atoms with Gasteiger partial charge in [-0.2, -0.15) is 0 Å². The normalized spacial score (nSPS) is 10.8. The van der Waals surface area contributed by atoms with E-state index in [-0.39, 0.29) is 11.8 Å². The SMILES string of the molecule is CCCCN(C)C(=O)c1ccc(-c2nnc3ccc(NC(=O)CC)cn23)cc1. The molecular weight excluding hydrogens is 354 g/mol. The highest BCUT2D eigenvalue weighted by Crippen LogP contribution is 2.21. The number of rotatable bonds is 7. The Labute approximate surface area is 164 Å². The van der Waals surface area contributed by atoms with Gasteiger partial charge in [-0.15, -0.1) is 10.2 Å². The second kappa shape index (κ2) is 8.65. The summed E-state index contributed by atoms with van der Waals surface area (Å²) in [5.74, 6) is 0.612. The molecule has 0 aliphatic carbocycles. The van der Waals surface area contributed by atoms with Gasteiger partial charge in [-0.05, 0) is 30.7 Å². The molecule has 0 saturated carbocycles. The molecule has 0 radical (unpaired) electrons. The maximum absolute atomic E-state index is 12.5. The third-order valence-corrected chi connectivity index (χ3v) is 4.59. The third kappa shape index (κ3) is 4.19. The van der Waals surface area contributed by atoms with Gasteiger partial charge < -0.3 is 10.2 Å². The number of amides is 2. The van der Waals surface area contributed by atoms with Crippen molar-refractivity contribution in [3.63, 3.8) is 0 Å². The molecule has 0 fully saturated rings. The Balaban J connectivity index is 1.85. The largest absolute Gasteiger partial charge is 0.342 e. The lowest BCUT2D eigenvalue weighted by atomic mass is 10.1. The molecule has 0 unspecified atom stereocenters. The highest BCUT2D eigenvalue weighted by atomic mass is 16.2. The molecule has 0 bridgehead atoms. The molecule has 0 saturated heterocycles. The molecule has 7 heteroatoms. The van der Waals surface area contributed by atoms with E-state index >= 15 is 0 Å². The van der Waals surface area contributed by atoms with Crippen LogP contribution in [0.5, 0.6) is 0 Å². The van der Waals surface area contributed by atoms with Crippen molar-refractivity contribution in [1.82, 2.24) is 19.5 Å². The van der Waals surface area contributed by atoms with E-state index in [1.54, 1.807) is 24.1 Å². The van der Waals surface area contributed by atoms with E-state index < -0.39 is 0 Å². The van der Waals surface area contributed by atoms with Crippen molar-refractivity contribution in [3.8, 4) is 11.4 Å². The van der Waals surface area contributed by atoms with Crippen LogP contribution in [0.25, 0.3) is 17.0 Å². The summed E-state index contributed by atoms with van der Waals surface area (Å²) in [4.78, 5) is 25.9. The molecule has 0 atom stereocenters. The molecule has 0 aliphatic rings. The first-order valence-electron chi connectivity index (χ1n) is 9.54. The summed E-state index contributed by atoms with van der Waals surface area (Å²) in [6.45, 7) is 4.66. The van der Waals surface area contributed by atoms with Crippen molar-refractivity contribution in [3.05, 3.63) is 48.2 Å². The number of unbranched alkanes of at least 4 members (excludes halogenated alkanes) is 1. The molecular formula is C21H25N5O2. The predicted molar refractivity (Wildman–Crippen MR) is 109 cm³/mol. The van der Waals surface area contributed by atoms with Gasteiger partial charge in [0.25, 0.3) is 5.91 Å². The van der Waals surface area contributed by atoms with Gasteiger partial charge in [-0.1, -0.05) is 32.4 Å². The Hall–Kier alpha value is -3.22. The van der Waals surface area contributed by atoms with E-state index in [4.69, 9.17) is 0 Å². The van der Waals surface area contributed by atoms with Crippen LogP contribution < -0.4 is 5.32 Å². The average Bonchev–Trinajstić information content (AvgIpc) is 3.14. The molecule has 7 nitrogen and oxygen atoms in total. The van der Waals surface area contributed by atoms with Gasteiger partial charge in [0.15, 0.2) is 11.5 Å². The first-order chi connectivity index (χ1) is 13.5. The van der Waals surface area contributed by atoms with Crippen LogP contribution in [0.15, 0.2) is 42.6 Å². The highest BCUT2D eigenvalue weighted by Gasteiger charge is 2.13. The van der Waals surface area contributed by atoms with Crippen molar-refractivity contribution in [2.45, 2.75) is 33.1 Å². The predicted octanol–water partition coefficient (Wildman–Crippen LogP) is 3.62. The summed E-state index contributed by atoms with van der Waals surface area (Å²) >= 11 is 0. The van der Waals surface area contributed by atoms with Crippen LogP contribution >= 0.6 is 0 Å². The summed E-state index contributed by atoms with van der Waals surface area (Å²) in [7, 11) is 1.82. The van der Waals surface area contributed by atoms with Gasteiger partial charge in [0, 0.05) is 37.3 Å². The number of nitrogens with zero attached hydrogens (tertiary/aromatic N) is 4. The Morgan fingerprint density at radius 3 is 2.50 bits per heavy atom. The molecule has 2 amide bonds. The van der Waals surface area contributed by atoms with Crippen molar-refractivity contribution < 1.29 is 9.59 Å². The maximum Gasteiger partial charge on any atom is 0.253 e. The van der Waals surface area contributed by atoms with Crippen LogP contribution in [-0.4, -0.2) is 44.9 Å². The van der Waals surface area contributed by atoms with Crippen LogP contribution in [0.2, 0.25) is 0 Å². The molecule has 3 rings (SSSR count). The minimum Gasteiger partial charge on any atom is -0.342 e. The van der Waals surface area contributed by atoms with Crippen LogP contribution in [0, 0.1) is 0 Å². The summed E-state index contributed by atoms with van der Waals surface area (Å²) in [5, 5.41) is 11.3.